The molecular weight excluding hydrogens is 474 g/mol. The van der Waals surface area contributed by atoms with Crippen molar-refractivity contribution in [2.75, 3.05) is 50.8 Å². The lowest BCUT2D eigenvalue weighted by Gasteiger charge is -2.38. The Hall–Kier alpha value is -1.78. The minimum atomic E-state index is -0.517. The number of anilines is 1. The number of aromatic nitrogens is 2. The number of nitrogens with zero attached hydrogens (tertiary/aromatic N) is 4. The molecule has 184 valence electrons. The van der Waals surface area contributed by atoms with Gasteiger partial charge in [-0.25, -0.2) is 9.97 Å². The highest BCUT2D eigenvalue weighted by atomic mass is 35.5. The molecule has 2 fully saturated rings. The summed E-state index contributed by atoms with van der Waals surface area (Å²) >= 11 is 7.71. The Morgan fingerprint density at radius 2 is 2.03 bits per heavy atom. The van der Waals surface area contributed by atoms with Gasteiger partial charge < -0.3 is 25.0 Å². The Morgan fingerprint density at radius 3 is 2.74 bits per heavy atom. The molecule has 10 heteroatoms. The van der Waals surface area contributed by atoms with Gasteiger partial charge in [-0.2, -0.15) is 0 Å². The first-order chi connectivity index (χ1) is 16.5. The van der Waals surface area contributed by atoms with E-state index in [4.69, 9.17) is 16.3 Å². The van der Waals surface area contributed by atoms with E-state index in [9.17, 15) is 9.90 Å². The number of piperazine rings is 1. The summed E-state index contributed by atoms with van der Waals surface area (Å²) in [6.07, 6.45) is 3.66. The zero-order valence-corrected chi connectivity index (χ0v) is 21.0. The summed E-state index contributed by atoms with van der Waals surface area (Å²) in [6, 6.07) is 4.24. The maximum absolute atomic E-state index is 13.7. The van der Waals surface area contributed by atoms with Gasteiger partial charge in [0.2, 0.25) is 5.91 Å². The molecule has 2 N–H and O–H groups in total. The van der Waals surface area contributed by atoms with Crippen LogP contribution in [0, 0.1) is 0 Å². The van der Waals surface area contributed by atoms with Crippen molar-refractivity contribution in [2.24, 2.45) is 0 Å². The van der Waals surface area contributed by atoms with E-state index in [0.717, 1.165) is 48.0 Å². The molecule has 8 nitrogen and oxygen atoms in total. The second-order valence-electron chi connectivity index (χ2n) is 9.45. The molecule has 0 aromatic carbocycles. The number of halogens is 1. The van der Waals surface area contributed by atoms with E-state index in [0.29, 0.717) is 49.5 Å². The topological polar surface area (TPSA) is 90.8 Å². The molecule has 4 heterocycles. The average Bonchev–Trinajstić information content (AvgIpc) is 3.42. The van der Waals surface area contributed by atoms with Crippen molar-refractivity contribution < 1.29 is 14.6 Å². The molecule has 3 atom stereocenters. The lowest BCUT2D eigenvalue weighted by Crippen LogP contribution is -2.51. The molecule has 0 unspecified atom stereocenters. The molecule has 3 aliphatic rings. The largest absolute Gasteiger partial charge is 0.387 e. The summed E-state index contributed by atoms with van der Waals surface area (Å²) in [5.74, 6) is 1.04. The molecule has 0 saturated carbocycles. The number of hydrogen-bond donors (Lipinski definition) is 2. The van der Waals surface area contributed by atoms with Crippen LogP contribution in [0.15, 0.2) is 18.5 Å². The van der Waals surface area contributed by atoms with Crippen LogP contribution in [0.1, 0.15) is 60.3 Å². The number of thiophene rings is 1. The van der Waals surface area contributed by atoms with Gasteiger partial charge in [-0.1, -0.05) is 18.5 Å². The Bertz CT molecular complexity index is 1010. The predicted molar refractivity (Wildman–Crippen MR) is 133 cm³/mol. The second-order valence-corrected chi connectivity index (χ2v) is 11.2. The Labute approximate surface area is 209 Å². The van der Waals surface area contributed by atoms with E-state index in [-0.39, 0.29) is 17.7 Å². The molecule has 1 aliphatic carbocycles. The third-order valence-electron chi connectivity index (χ3n) is 7.24. The van der Waals surface area contributed by atoms with Gasteiger partial charge in [0.25, 0.3) is 0 Å². The Morgan fingerprint density at radius 1 is 1.26 bits per heavy atom. The van der Waals surface area contributed by atoms with E-state index in [1.54, 1.807) is 6.33 Å². The molecule has 5 rings (SSSR count). The lowest BCUT2D eigenvalue weighted by atomic mass is 10.0. The summed E-state index contributed by atoms with van der Waals surface area (Å²) in [7, 11) is 0. The van der Waals surface area contributed by atoms with E-state index < -0.39 is 6.10 Å². The number of hydrogen-bond acceptors (Lipinski definition) is 8. The second kappa shape index (κ2) is 10.5. The molecule has 0 radical (unpaired) electrons. The lowest BCUT2D eigenvalue weighted by molar-refractivity contribution is -0.133. The molecule has 34 heavy (non-hydrogen) atoms. The normalized spacial score (nSPS) is 24.3. The highest BCUT2D eigenvalue weighted by Gasteiger charge is 2.35. The minimum absolute atomic E-state index is 0.148. The third kappa shape index (κ3) is 4.95. The van der Waals surface area contributed by atoms with Crippen LogP contribution in [-0.2, 0) is 9.53 Å². The highest BCUT2D eigenvalue weighted by molar-refractivity contribution is 7.16. The van der Waals surface area contributed by atoms with Gasteiger partial charge in [0.15, 0.2) is 0 Å². The molecule has 2 aliphatic heterocycles. The maximum atomic E-state index is 13.7. The molecule has 1 amide bonds. The van der Waals surface area contributed by atoms with Crippen LogP contribution < -0.4 is 10.2 Å². The van der Waals surface area contributed by atoms with Crippen LogP contribution in [0.4, 0.5) is 5.82 Å². The van der Waals surface area contributed by atoms with Gasteiger partial charge in [0.1, 0.15) is 12.1 Å². The number of aliphatic hydroxyl groups excluding tert-OH is 1. The molecule has 2 aromatic heterocycles. The summed E-state index contributed by atoms with van der Waals surface area (Å²) < 4.78 is 6.17. The number of fused-ring (bicyclic) bond motifs is 1. The fourth-order valence-electron chi connectivity index (χ4n) is 5.32. The van der Waals surface area contributed by atoms with Crippen LogP contribution in [0.3, 0.4) is 0 Å². The van der Waals surface area contributed by atoms with Gasteiger partial charge in [-0.15, -0.1) is 11.3 Å². The van der Waals surface area contributed by atoms with Gasteiger partial charge in [-0.3, -0.25) is 4.79 Å². The highest BCUT2D eigenvalue weighted by Crippen LogP contribution is 2.42. The fourth-order valence-corrected chi connectivity index (χ4v) is 6.48. The van der Waals surface area contributed by atoms with E-state index in [1.807, 2.05) is 17.0 Å². The van der Waals surface area contributed by atoms with Crippen molar-refractivity contribution in [1.82, 2.24) is 20.2 Å². The average molecular weight is 506 g/mol. The first-order valence-corrected chi connectivity index (χ1v) is 13.3. The maximum Gasteiger partial charge on any atom is 0.232 e. The van der Waals surface area contributed by atoms with Crippen molar-refractivity contribution in [3.8, 4) is 0 Å². The third-order valence-corrected chi connectivity index (χ3v) is 8.58. The summed E-state index contributed by atoms with van der Waals surface area (Å²) in [5.41, 5.74) is 1.81. The van der Waals surface area contributed by atoms with Crippen LogP contribution in [0.5, 0.6) is 0 Å². The van der Waals surface area contributed by atoms with Crippen LogP contribution in [-0.4, -0.2) is 77.9 Å². The Balaban J connectivity index is 1.26. The van der Waals surface area contributed by atoms with Gasteiger partial charge >= 0.3 is 0 Å². The quantitative estimate of drug-likeness (QED) is 0.623. The Kier molecular flexibility index (Phi) is 7.36. The molecule has 0 bridgehead atoms. The van der Waals surface area contributed by atoms with E-state index in [1.165, 1.54) is 11.3 Å². The fraction of sp³-hybridized carbons (Fsp3) is 0.625. The first kappa shape index (κ1) is 23.9. The molecule has 2 aromatic rings. The number of nitrogens with one attached hydrogen (secondary N) is 1. The smallest absolute Gasteiger partial charge is 0.232 e. The number of aliphatic hydroxyl groups is 1. The summed E-state index contributed by atoms with van der Waals surface area (Å²) in [5, 5.41) is 13.9. The number of carbonyl (C=O) groups excluding carboxylic acids is 1. The minimum Gasteiger partial charge on any atom is -0.387 e. The van der Waals surface area contributed by atoms with Crippen molar-refractivity contribution >= 4 is 34.7 Å². The standard InChI is InChI=1S/C24H32ClN5O3S/c1-15-12-18(31)22-21(15)23(28-14-27-22)29-6-8-30(9-7-29)24(32)17(19-2-3-20(25)34-19)13-26-16-4-10-33-11-5-16/h2-3,14-18,26,31H,4-13H2,1H3/t15-,17-,18-/m1/s1. The predicted octanol–water partition coefficient (Wildman–Crippen LogP) is 2.93. The number of carbonyl (C=O) groups is 1. The van der Waals surface area contributed by atoms with Crippen LogP contribution >= 0.6 is 22.9 Å². The van der Waals surface area contributed by atoms with Crippen molar-refractivity contribution in [3.05, 3.63) is 38.9 Å². The molecule has 2 saturated heterocycles. The van der Waals surface area contributed by atoms with E-state index >= 15 is 0 Å². The van der Waals surface area contributed by atoms with Gasteiger partial charge in [-0.05, 0) is 37.3 Å². The SMILES string of the molecule is C[C@@H]1C[C@@H](O)c2ncnc(N3CCN(C(=O)[C@H](CNC4CCOCC4)c4ccc(Cl)s4)CC3)c21. The van der Waals surface area contributed by atoms with Crippen molar-refractivity contribution in [3.63, 3.8) is 0 Å². The van der Waals surface area contributed by atoms with Crippen molar-refractivity contribution in [2.45, 2.75) is 50.2 Å². The van der Waals surface area contributed by atoms with Gasteiger partial charge in [0, 0.05) is 62.4 Å². The zero-order valence-electron chi connectivity index (χ0n) is 19.5. The molecule has 0 spiro atoms. The monoisotopic (exact) mass is 505 g/mol. The number of rotatable bonds is 6. The van der Waals surface area contributed by atoms with Crippen LogP contribution in [0.25, 0.3) is 0 Å². The van der Waals surface area contributed by atoms with Gasteiger partial charge in [0.05, 0.1) is 22.1 Å². The number of amides is 1. The van der Waals surface area contributed by atoms with E-state index in [2.05, 4.69) is 27.1 Å². The number of ether oxygens (including phenoxy) is 1. The summed E-state index contributed by atoms with van der Waals surface area (Å²) in [6.45, 7) is 6.96. The van der Waals surface area contributed by atoms with Crippen LogP contribution in [0.2, 0.25) is 4.34 Å². The summed E-state index contributed by atoms with van der Waals surface area (Å²) in [4.78, 5) is 27.8. The molecular formula is C24H32ClN5O3S. The van der Waals surface area contributed by atoms with Crippen molar-refractivity contribution in [1.29, 1.82) is 0 Å². The first-order valence-electron chi connectivity index (χ1n) is 12.1. The zero-order chi connectivity index (χ0) is 23.7.